The number of benzene rings is 2. The smallest absolute Gasteiger partial charge is 0.338 e. The van der Waals surface area contributed by atoms with Gasteiger partial charge >= 0.3 is 5.97 Å². The van der Waals surface area contributed by atoms with E-state index >= 15 is 0 Å². The number of rotatable bonds is 6. The molecule has 3 rings (SSSR count). The lowest BCUT2D eigenvalue weighted by Crippen LogP contribution is -2.41. The van der Waals surface area contributed by atoms with Crippen LogP contribution in [0.1, 0.15) is 40.5 Å². The highest BCUT2D eigenvalue weighted by Gasteiger charge is 2.27. The van der Waals surface area contributed by atoms with Gasteiger partial charge in [-0.25, -0.2) is 4.79 Å². The predicted molar refractivity (Wildman–Crippen MR) is 107 cm³/mol. The van der Waals surface area contributed by atoms with Gasteiger partial charge < -0.3 is 20.7 Å². The lowest BCUT2D eigenvalue weighted by molar-refractivity contribution is -0.118. The summed E-state index contributed by atoms with van der Waals surface area (Å²) in [5.41, 5.74) is 1.74. The molecule has 29 heavy (non-hydrogen) atoms. The second-order valence-electron chi connectivity index (χ2n) is 6.45. The molecule has 1 heterocycles. The van der Waals surface area contributed by atoms with Gasteiger partial charge in [-0.15, -0.1) is 0 Å². The topological polar surface area (TPSA) is 114 Å². The second-order valence-corrected chi connectivity index (χ2v) is 6.45. The summed E-state index contributed by atoms with van der Waals surface area (Å²) >= 11 is 0. The van der Waals surface area contributed by atoms with Gasteiger partial charge in [0.2, 0.25) is 11.8 Å². The summed E-state index contributed by atoms with van der Waals surface area (Å²) in [7, 11) is 0. The fourth-order valence-electron chi connectivity index (χ4n) is 2.92. The van der Waals surface area contributed by atoms with Crippen molar-refractivity contribution in [3.8, 4) is 0 Å². The summed E-state index contributed by atoms with van der Waals surface area (Å²) in [4.78, 5) is 48.5. The van der Waals surface area contributed by atoms with Gasteiger partial charge in [0.15, 0.2) is 0 Å². The van der Waals surface area contributed by atoms with Crippen LogP contribution >= 0.6 is 0 Å². The maximum atomic E-state index is 12.3. The van der Waals surface area contributed by atoms with Crippen LogP contribution in [0.4, 0.5) is 11.4 Å². The number of ether oxygens (including phenoxy) is 1. The van der Waals surface area contributed by atoms with Crippen molar-refractivity contribution in [2.75, 3.05) is 17.2 Å². The zero-order valence-corrected chi connectivity index (χ0v) is 15.9. The summed E-state index contributed by atoms with van der Waals surface area (Å²) in [6, 6.07) is 12.2. The zero-order chi connectivity index (χ0) is 20.8. The largest absolute Gasteiger partial charge is 0.462 e. The molecule has 0 fully saturated rings. The third-order valence-corrected chi connectivity index (χ3v) is 4.39. The molecule has 3 N–H and O–H groups in total. The van der Waals surface area contributed by atoms with Crippen LogP contribution in [-0.2, 0) is 14.3 Å². The molecule has 0 radical (unpaired) electrons. The van der Waals surface area contributed by atoms with E-state index in [-0.39, 0.29) is 37.2 Å². The van der Waals surface area contributed by atoms with Crippen molar-refractivity contribution in [2.24, 2.45) is 0 Å². The molecule has 8 heteroatoms. The van der Waals surface area contributed by atoms with Crippen molar-refractivity contribution in [3.63, 3.8) is 0 Å². The average Bonchev–Trinajstić information content (AvgIpc) is 2.83. The first kappa shape index (κ1) is 20.1. The van der Waals surface area contributed by atoms with Crippen LogP contribution in [0.3, 0.4) is 0 Å². The van der Waals surface area contributed by atoms with Crippen molar-refractivity contribution < 1.29 is 23.9 Å². The van der Waals surface area contributed by atoms with Gasteiger partial charge in [0.05, 0.1) is 23.4 Å². The lowest BCUT2D eigenvalue weighted by atomic mass is 10.1. The molecule has 0 bridgehead atoms. The van der Waals surface area contributed by atoms with Crippen molar-refractivity contribution in [1.82, 2.24) is 5.32 Å². The summed E-state index contributed by atoms with van der Waals surface area (Å²) in [5, 5.41) is 8.06. The normalized spacial score (nSPS) is 15.4. The molecule has 0 unspecified atom stereocenters. The molecule has 0 saturated carbocycles. The number of amides is 3. The Kier molecular flexibility index (Phi) is 6.23. The Morgan fingerprint density at radius 1 is 1.07 bits per heavy atom. The van der Waals surface area contributed by atoms with E-state index in [0.717, 1.165) is 0 Å². The summed E-state index contributed by atoms with van der Waals surface area (Å²) < 4.78 is 4.91. The molecule has 0 aliphatic carbocycles. The molecular weight excluding hydrogens is 374 g/mol. The molecular formula is C21H21N3O5. The standard InChI is InChI=1S/C21H21N3O5/c1-2-29-21(28)13-7-9-14(10-8-13)22-18(25)12-11-17-20(27)23-16-6-4-3-5-15(16)19(26)24-17/h3-10,17H,2,11-12H2,1H3,(H,22,25)(H,23,27)(H,24,26)/t17-/m1/s1. The number of carbonyl (C=O) groups is 4. The fourth-order valence-corrected chi connectivity index (χ4v) is 2.92. The first-order valence-electron chi connectivity index (χ1n) is 9.25. The van der Waals surface area contributed by atoms with Crippen molar-refractivity contribution >= 4 is 35.1 Å². The number of fused-ring (bicyclic) bond motifs is 1. The minimum absolute atomic E-state index is 0.0361. The monoisotopic (exact) mass is 395 g/mol. The van der Waals surface area contributed by atoms with E-state index in [9.17, 15) is 19.2 Å². The summed E-state index contributed by atoms with van der Waals surface area (Å²) in [6.07, 6.45) is 0.187. The zero-order valence-electron chi connectivity index (χ0n) is 15.9. The van der Waals surface area contributed by atoms with Crippen molar-refractivity contribution in [3.05, 3.63) is 59.7 Å². The third kappa shape index (κ3) is 4.98. The quantitative estimate of drug-likeness (QED) is 0.650. The number of esters is 1. The Bertz CT molecular complexity index is 940. The van der Waals surface area contributed by atoms with Crippen LogP contribution in [0.15, 0.2) is 48.5 Å². The van der Waals surface area contributed by atoms with Crippen molar-refractivity contribution in [2.45, 2.75) is 25.8 Å². The van der Waals surface area contributed by atoms with Gasteiger partial charge in [0, 0.05) is 12.1 Å². The molecule has 8 nitrogen and oxygen atoms in total. The highest BCUT2D eigenvalue weighted by atomic mass is 16.5. The number of anilines is 2. The van der Waals surface area contributed by atoms with Gasteiger partial charge in [0.1, 0.15) is 6.04 Å². The summed E-state index contributed by atoms with van der Waals surface area (Å²) in [6.45, 7) is 2.01. The Hall–Kier alpha value is -3.68. The Labute approximate surface area is 167 Å². The van der Waals surface area contributed by atoms with Crippen LogP contribution in [-0.4, -0.2) is 36.3 Å². The third-order valence-electron chi connectivity index (χ3n) is 4.39. The van der Waals surface area contributed by atoms with Crippen molar-refractivity contribution in [1.29, 1.82) is 0 Å². The maximum Gasteiger partial charge on any atom is 0.338 e. The van der Waals surface area contributed by atoms with Crippen LogP contribution in [0.5, 0.6) is 0 Å². The Morgan fingerprint density at radius 3 is 2.52 bits per heavy atom. The number of hydrogen-bond donors (Lipinski definition) is 3. The highest BCUT2D eigenvalue weighted by molar-refractivity contribution is 6.10. The second kappa shape index (κ2) is 9.01. The molecule has 0 aromatic heterocycles. The maximum absolute atomic E-state index is 12.3. The fraction of sp³-hybridized carbons (Fsp3) is 0.238. The number of para-hydroxylation sites is 1. The minimum Gasteiger partial charge on any atom is -0.462 e. The molecule has 150 valence electrons. The molecule has 0 saturated heterocycles. The highest BCUT2D eigenvalue weighted by Crippen LogP contribution is 2.19. The molecule has 3 amide bonds. The van der Waals surface area contributed by atoms with Crippen LogP contribution < -0.4 is 16.0 Å². The van der Waals surface area contributed by atoms with Gasteiger partial charge in [-0.05, 0) is 49.7 Å². The number of carbonyl (C=O) groups excluding carboxylic acids is 4. The molecule has 1 aliphatic heterocycles. The molecule has 0 spiro atoms. The van der Waals surface area contributed by atoms with E-state index in [1.54, 1.807) is 55.5 Å². The van der Waals surface area contributed by atoms with Crippen LogP contribution in [0.2, 0.25) is 0 Å². The minimum atomic E-state index is -0.813. The molecule has 1 atom stereocenters. The van der Waals surface area contributed by atoms with Crippen LogP contribution in [0, 0.1) is 0 Å². The lowest BCUT2D eigenvalue weighted by Gasteiger charge is -2.14. The van der Waals surface area contributed by atoms with E-state index in [4.69, 9.17) is 4.74 Å². The first-order valence-corrected chi connectivity index (χ1v) is 9.25. The number of hydrogen-bond acceptors (Lipinski definition) is 5. The molecule has 2 aromatic rings. The van der Waals surface area contributed by atoms with E-state index < -0.39 is 12.0 Å². The first-order chi connectivity index (χ1) is 14.0. The van der Waals surface area contributed by atoms with Crippen LogP contribution in [0.25, 0.3) is 0 Å². The van der Waals surface area contributed by atoms with E-state index in [0.29, 0.717) is 22.5 Å². The Morgan fingerprint density at radius 2 is 1.79 bits per heavy atom. The number of nitrogens with one attached hydrogen (secondary N) is 3. The van der Waals surface area contributed by atoms with Gasteiger partial charge in [0.25, 0.3) is 5.91 Å². The summed E-state index contributed by atoms with van der Waals surface area (Å²) in [5.74, 6) is -1.46. The molecule has 1 aliphatic rings. The van der Waals surface area contributed by atoms with Gasteiger partial charge in [-0.3, -0.25) is 14.4 Å². The van der Waals surface area contributed by atoms with E-state index in [2.05, 4.69) is 16.0 Å². The van der Waals surface area contributed by atoms with E-state index in [1.165, 1.54) is 0 Å². The van der Waals surface area contributed by atoms with Gasteiger partial charge in [-0.1, -0.05) is 12.1 Å². The average molecular weight is 395 g/mol. The molecule has 2 aromatic carbocycles. The predicted octanol–water partition coefficient (Wildman–Crippen LogP) is 2.33. The SMILES string of the molecule is CCOC(=O)c1ccc(NC(=O)CC[C@H]2NC(=O)c3ccccc3NC2=O)cc1. The van der Waals surface area contributed by atoms with Gasteiger partial charge in [-0.2, -0.15) is 0 Å². The van der Waals surface area contributed by atoms with E-state index in [1.807, 2.05) is 0 Å². The Balaban J connectivity index is 1.55.